The second kappa shape index (κ2) is 5.54. The van der Waals surface area contributed by atoms with E-state index in [0.717, 1.165) is 12.0 Å². The van der Waals surface area contributed by atoms with Crippen molar-refractivity contribution >= 4 is 11.6 Å². The summed E-state index contributed by atoms with van der Waals surface area (Å²) in [5, 5.41) is 14.3. The average Bonchev–Trinajstić information content (AvgIpc) is 2.96. The molecule has 0 aliphatic heterocycles. The summed E-state index contributed by atoms with van der Waals surface area (Å²) in [6, 6.07) is 8.55. The highest BCUT2D eigenvalue weighted by Crippen LogP contribution is 2.31. The maximum atomic E-state index is 9.90. The molecule has 0 saturated heterocycles. The Morgan fingerprint density at radius 1 is 1.29 bits per heavy atom. The molecule has 21 heavy (non-hydrogen) atoms. The first-order valence-corrected chi connectivity index (χ1v) is 6.83. The molecule has 6 heteroatoms. The number of aromatic nitrogens is 3. The summed E-state index contributed by atoms with van der Waals surface area (Å²) in [5.74, 6) is 0.623. The molecule has 0 aliphatic carbocycles. The van der Waals surface area contributed by atoms with E-state index in [1.54, 1.807) is 18.3 Å². The molecule has 106 valence electrons. The van der Waals surface area contributed by atoms with Crippen molar-refractivity contribution in [2.75, 3.05) is 0 Å². The highest BCUT2D eigenvalue weighted by Gasteiger charge is 2.16. The molecule has 0 aliphatic rings. The normalized spacial score (nSPS) is 10.8. The van der Waals surface area contributed by atoms with Crippen LogP contribution in [0.2, 0.25) is 5.02 Å². The van der Waals surface area contributed by atoms with E-state index in [1.165, 1.54) is 6.07 Å². The lowest BCUT2D eigenvalue weighted by Crippen LogP contribution is -1.92. The number of nitrogens with zero attached hydrogens (tertiary/aromatic N) is 3. The van der Waals surface area contributed by atoms with Gasteiger partial charge >= 0.3 is 0 Å². The first kappa shape index (κ1) is 13.6. The number of phenols is 1. The van der Waals surface area contributed by atoms with Crippen LogP contribution in [0.1, 0.15) is 12.5 Å². The van der Waals surface area contributed by atoms with Crippen molar-refractivity contribution < 1.29 is 9.63 Å². The van der Waals surface area contributed by atoms with Gasteiger partial charge in [-0.15, -0.1) is 0 Å². The lowest BCUT2D eigenvalue weighted by Gasteiger charge is -2.01. The van der Waals surface area contributed by atoms with Crippen LogP contribution in [0.5, 0.6) is 5.75 Å². The van der Waals surface area contributed by atoms with Crippen LogP contribution in [0, 0.1) is 0 Å². The molecule has 0 fully saturated rings. The third-order valence-corrected chi connectivity index (χ3v) is 3.34. The van der Waals surface area contributed by atoms with E-state index >= 15 is 0 Å². The highest BCUT2D eigenvalue weighted by molar-refractivity contribution is 6.30. The third kappa shape index (κ3) is 2.60. The lowest BCUT2D eigenvalue weighted by molar-refractivity contribution is 0.425. The van der Waals surface area contributed by atoms with E-state index < -0.39 is 0 Å². The van der Waals surface area contributed by atoms with E-state index in [0.29, 0.717) is 22.1 Å². The first-order chi connectivity index (χ1) is 10.2. The number of aromatic hydroxyl groups is 1. The van der Waals surface area contributed by atoms with Crippen LogP contribution in [-0.2, 0) is 6.42 Å². The fourth-order valence-corrected chi connectivity index (χ4v) is 2.21. The van der Waals surface area contributed by atoms with Gasteiger partial charge in [0.05, 0.1) is 5.56 Å². The van der Waals surface area contributed by atoms with Gasteiger partial charge in [-0.05, 0) is 36.2 Å². The summed E-state index contributed by atoms with van der Waals surface area (Å²) in [5.41, 5.74) is 2.15. The SMILES string of the molecule is CCc1cccnc1-c1noc(-c2ccc(Cl)cc2O)n1. The van der Waals surface area contributed by atoms with E-state index in [-0.39, 0.29) is 11.6 Å². The number of hydrogen-bond acceptors (Lipinski definition) is 5. The minimum Gasteiger partial charge on any atom is -0.507 e. The largest absolute Gasteiger partial charge is 0.507 e. The quantitative estimate of drug-likeness (QED) is 0.798. The standard InChI is InChI=1S/C15H12ClN3O2/c1-2-9-4-3-7-17-13(9)14-18-15(21-19-14)11-6-5-10(16)8-12(11)20/h3-8,20H,2H2,1H3. The second-order valence-electron chi connectivity index (χ2n) is 4.45. The molecule has 1 N–H and O–H groups in total. The van der Waals surface area contributed by atoms with Crippen LogP contribution >= 0.6 is 11.6 Å². The number of hydrogen-bond donors (Lipinski definition) is 1. The van der Waals surface area contributed by atoms with Gasteiger partial charge in [0.15, 0.2) is 0 Å². The molecule has 0 spiro atoms. The van der Waals surface area contributed by atoms with Crippen LogP contribution in [0.25, 0.3) is 23.0 Å². The van der Waals surface area contributed by atoms with Crippen molar-refractivity contribution in [3.63, 3.8) is 0 Å². The van der Waals surface area contributed by atoms with Crippen molar-refractivity contribution in [1.82, 2.24) is 15.1 Å². The van der Waals surface area contributed by atoms with Crippen molar-refractivity contribution in [3.8, 4) is 28.7 Å². The van der Waals surface area contributed by atoms with Gasteiger partial charge in [0.1, 0.15) is 11.4 Å². The van der Waals surface area contributed by atoms with E-state index in [1.807, 2.05) is 19.1 Å². The smallest absolute Gasteiger partial charge is 0.262 e. The molecular formula is C15H12ClN3O2. The fourth-order valence-electron chi connectivity index (χ4n) is 2.04. The Bertz CT molecular complexity index is 786. The third-order valence-electron chi connectivity index (χ3n) is 3.10. The molecule has 0 saturated carbocycles. The van der Waals surface area contributed by atoms with Gasteiger partial charge in [0.2, 0.25) is 5.82 Å². The number of halogens is 1. The van der Waals surface area contributed by atoms with Gasteiger partial charge in [0.25, 0.3) is 5.89 Å². The van der Waals surface area contributed by atoms with Gasteiger partial charge in [-0.2, -0.15) is 4.98 Å². The number of benzene rings is 1. The molecule has 0 atom stereocenters. The summed E-state index contributed by atoms with van der Waals surface area (Å²) < 4.78 is 5.22. The molecular weight excluding hydrogens is 290 g/mol. The number of rotatable bonds is 3. The topological polar surface area (TPSA) is 72.0 Å². The molecule has 3 aromatic rings. The predicted octanol–water partition coefficient (Wildman–Crippen LogP) is 3.72. The maximum absolute atomic E-state index is 9.90. The molecule has 2 heterocycles. The Morgan fingerprint density at radius 2 is 2.14 bits per heavy atom. The second-order valence-corrected chi connectivity index (χ2v) is 4.89. The molecule has 0 radical (unpaired) electrons. The minimum absolute atomic E-state index is 0.00515. The molecule has 3 rings (SSSR count). The molecule has 0 unspecified atom stereocenters. The summed E-state index contributed by atoms with van der Waals surface area (Å²) in [4.78, 5) is 8.60. The maximum Gasteiger partial charge on any atom is 0.262 e. The first-order valence-electron chi connectivity index (χ1n) is 6.46. The molecule has 5 nitrogen and oxygen atoms in total. The number of aryl methyl sites for hydroxylation is 1. The Balaban J connectivity index is 2.04. The van der Waals surface area contributed by atoms with Gasteiger partial charge < -0.3 is 9.63 Å². The predicted molar refractivity (Wildman–Crippen MR) is 79.0 cm³/mol. The summed E-state index contributed by atoms with van der Waals surface area (Å²) in [6.45, 7) is 2.03. The molecule has 1 aromatic carbocycles. The molecule has 2 aromatic heterocycles. The lowest BCUT2D eigenvalue weighted by atomic mass is 10.1. The Labute approximate surface area is 126 Å². The van der Waals surface area contributed by atoms with Crippen molar-refractivity contribution in [2.24, 2.45) is 0 Å². The molecule has 0 amide bonds. The van der Waals surface area contributed by atoms with Crippen LogP contribution in [0.4, 0.5) is 0 Å². The average molecular weight is 302 g/mol. The minimum atomic E-state index is -0.00515. The monoisotopic (exact) mass is 301 g/mol. The van der Waals surface area contributed by atoms with Crippen molar-refractivity contribution in [3.05, 3.63) is 47.1 Å². The van der Waals surface area contributed by atoms with Crippen LogP contribution < -0.4 is 0 Å². The number of pyridine rings is 1. The van der Waals surface area contributed by atoms with Crippen LogP contribution in [-0.4, -0.2) is 20.2 Å². The summed E-state index contributed by atoms with van der Waals surface area (Å²) in [6.07, 6.45) is 2.50. The zero-order chi connectivity index (χ0) is 14.8. The van der Waals surface area contributed by atoms with E-state index in [4.69, 9.17) is 16.1 Å². The highest BCUT2D eigenvalue weighted by atomic mass is 35.5. The van der Waals surface area contributed by atoms with Gasteiger partial charge in [-0.25, -0.2) is 0 Å². The van der Waals surface area contributed by atoms with Crippen molar-refractivity contribution in [1.29, 1.82) is 0 Å². The number of phenolic OH excluding ortho intramolecular Hbond substituents is 1. The summed E-state index contributed by atoms with van der Waals surface area (Å²) >= 11 is 5.81. The van der Waals surface area contributed by atoms with Crippen molar-refractivity contribution in [2.45, 2.75) is 13.3 Å². The fraction of sp³-hybridized carbons (Fsp3) is 0.133. The van der Waals surface area contributed by atoms with E-state index in [2.05, 4.69) is 15.1 Å². The molecule has 0 bridgehead atoms. The van der Waals surface area contributed by atoms with Crippen LogP contribution in [0.3, 0.4) is 0 Å². The Kier molecular flexibility index (Phi) is 3.58. The van der Waals surface area contributed by atoms with Gasteiger partial charge in [0, 0.05) is 11.2 Å². The Morgan fingerprint density at radius 3 is 2.90 bits per heavy atom. The Hall–Kier alpha value is -2.40. The summed E-state index contributed by atoms with van der Waals surface area (Å²) in [7, 11) is 0. The zero-order valence-corrected chi connectivity index (χ0v) is 12.0. The van der Waals surface area contributed by atoms with E-state index in [9.17, 15) is 5.11 Å². The van der Waals surface area contributed by atoms with Gasteiger partial charge in [-0.3, -0.25) is 4.98 Å². The van der Waals surface area contributed by atoms with Crippen LogP contribution in [0.15, 0.2) is 41.1 Å². The zero-order valence-electron chi connectivity index (χ0n) is 11.2. The van der Waals surface area contributed by atoms with Gasteiger partial charge in [-0.1, -0.05) is 29.7 Å².